The number of carbonyl (C=O) groups excluding carboxylic acids is 1. The van der Waals surface area contributed by atoms with Crippen molar-refractivity contribution in [1.82, 2.24) is 19.8 Å². The van der Waals surface area contributed by atoms with Gasteiger partial charge < -0.3 is 10.2 Å². The minimum Gasteiger partial charge on any atom is -0.360 e. The van der Waals surface area contributed by atoms with E-state index in [1.165, 1.54) is 10.4 Å². The normalized spacial score (nSPS) is 15.3. The molecule has 7 heteroatoms. The Kier molecular flexibility index (Phi) is 6.17. The number of nitrogens with zero attached hydrogens (tertiary/aromatic N) is 4. The third-order valence-electron chi connectivity index (χ3n) is 5.06. The zero-order valence-electron chi connectivity index (χ0n) is 16.5. The summed E-state index contributed by atoms with van der Waals surface area (Å²) in [6, 6.07) is 12.4. The number of amides is 1. The number of piperazine rings is 1. The van der Waals surface area contributed by atoms with Crippen molar-refractivity contribution >= 4 is 39.4 Å². The van der Waals surface area contributed by atoms with Crippen LogP contribution in [0.25, 0.3) is 16.3 Å². The highest BCUT2D eigenvalue weighted by molar-refractivity contribution is 7.18. The van der Waals surface area contributed by atoms with Crippen LogP contribution in [0.15, 0.2) is 48.8 Å². The van der Waals surface area contributed by atoms with E-state index in [0.29, 0.717) is 0 Å². The van der Waals surface area contributed by atoms with Crippen molar-refractivity contribution in [3.05, 3.63) is 59.2 Å². The first-order valence-corrected chi connectivity index (χ1v) is 10.7. The van der Waals surface area contributed by atoms with Gasteiger partial charge in [0, 0.05) is 37.6 Å². The van der Waals surface area contributed by atoms with Crippen LogP contribution in [0.1, 0.15) is 10.4 Å². The van der Waals surface area contributed by atoms with Crippen LogP contribution < -0.4 is 5.32 Å². The Hall–Kier alpha value is -2.77. The molecule has 1 aliphatic heterocycles. The average Bonchev–Trinajstić information content (AvgIpc) is 3.14. The highest BCUT2D eigenvalue weighted by Crippen LogP contribution is 2.27. The molecule has 0 atom stereocenters. The molecule has 150 valence electrons. The molecule has 1 amide bonds. The van der Waals surface area contributed by atoms with E-state index in [4.69, 9.17) is 0 Å². The van der Waals surface area contributed by atoms with Gasteiger partial charge >= 0.3 is 0 Å². The number of hydrogen-bond acceptors (Lipinski definition) is 6. The predicted octanol–water partition coefficient (Wildman–Crippen LogP) is 3.27. The molecule has 1 aromatic carbocycles. The van der Waals surface area contributed by atoms with Gasteiger partial charge in [0.1, 0.15) is 17.0 Å². The smallest absolute Gasteiger partial charge is 0.242 e. The zero-order valence-corrected chi connectivity index (χ0v) is 17.4. The molecule has 1 fully saturated rings. The maximum Gasteiger partial charge on any atom is 0.242 e. The Morgan fingerprint density at radius 2 is 1.97 bits per heavy atom. The van der Waals surface area contributed by atoms with Gasteiger partial charge in [0.15, 0.2) is 0 Å². The summed E-state index contributed by atoms with van der Waals surface area (Å²) >= 11 is 1.64. The standard InChI is InChI=1S/C22H25N5OS/c1-17-14-19-21(24-16-25-22(19)29-17)23-15-20(28)27-12-10-26(11-13-27)9-5-8-18-6-3-2-4-7-18/h2-8,14,16H,9-13,15H2,1H3,(H,23,24,25)/b8-5+. The Morgan fingerprint density at radius 3 is 2.76 bits per heavy atom. The molecule has 1 saturated heterocycles. The van der Waals surface area contributed by atoms with E-state index in [1.807, 2.05) is 23.1 Å². The number of nitrogens with one attached hydrogen (secondary N) is 1. The summed E-state index contributed by atoms with van der Waals surface area (Å²) in [5.41, 5.74) is 1.21. The van der Waals surface area contributed by atoms with E-state index in [9.17, 15) is 4.79 Å². The van der Waals surface area contributed by atoms with Crippen molar-refractivity contribution in [2.45, 2.75) is 6.92 Å². The number of aromatic nitrogens is 2. The van der Waals surface area contributed by atoms with E-state index < -0.39 is 0 Å². The van der Waals surface area contributed by atoms with E-state index in [2.05, 4.69) is 57.5 Å². The second-order valence-electron chi connectivity index (χ2n) is 7.15. The van der Waals surface area contributed by atoms with E-state index in [-0.39, 0.29) is 12.5 Å². The second-order valence-corrected chi connectivity index (χ2v) is 8.38. The number of fused-ring (bicyclic) bond motifs is 1. The number of thiophene rings is 1. The van der Waals surface area contributed by atoms with Crippen LogP contribution in [0.5, 0.6) is 0 Å². The van der Waals surface area contributed by atoms with Crippen molar-refractivity contribution in [1.29, 1.82) is 0 Å². The van der Waals surface area contributed by atoms with Gasteiger partial charge in [-0.15, -0.1) is 11.3 Å². The predicted molar refractivity (Wildman–Crippen MR) is 119 cm³/mol. The molecule has 0 aliphatic carbocycles. The number of aryl methyl sites for hydroxylation is 1. The molecule has 3 heterocycles. The fourth-order valence-corrected chi connectivity index (χ4v) is 4.32. The van der Waals surface area contributed by atoms with Crippen LogP contribution in [0, 0.1) is 6.92 Å². The summed E-state index contributed by atoms with van der Waals surface area (Å²) in [4.78, 5) is 27.6. The van der Waals surface area contributed by atoms with Crippen molar-refractivity contribution in [2.24, 2.45) is 0 Å². The summed E-state index contributed by atoms with van der Waals surface area (Å²) in [6.07, 6.45) is 5.89. The van der Waals surface area contributed by atoms with Crippen molar-refractivity contribution < 1.29 is 4.79 Å². The molecule has 1 aliphatic rings. The molecule has 4 rings (SSSR count). The Morgan fingerprint density at radius 1 is 1.17 bits per heavy atom. The van der Waals surface area contributed by atoms with Gasteiger partial charge in [0.2, 0.25) is 5.91 Å². The quantitative estimate of drug-likeness (QED) is 0.680. The van der Waals surface area contributed by atoms with Crippen LogP contribution in [0.4, 0.5) is 5.82 Å². The fourth-order valence-electron chi connectivity index (χ4n) is 3.47. The summed E-state index contributed by atoms with van der Waals surface area (Å²) in [5, 5.41) is 4.19. The van der Waals surface area contributed by atoms with Crippen LogP contribution in [0.3, 0.4) is 0 Å². The number of hydrogen-bond donors (Lipinski definition) is 1. The van der Waals surface area contributed by atoms with Crippen molar-refractivity contribution in [3.63, 3.8) is 0 Å². The molecule has 0 bridgehead atoms. The van der Waals surface area contributed by atoms with Crippen LogP contribution in [-0.2, 0) is 4.79 Å². The van der Waals surface area contributed by atoms with Gasteiger partial charge in [-0.1, -0.05) is 42.5 Å². The number of benzene rings is 1. The van der Waals surface area contributed by atoms with E-state index in [1.54, 1.807) is 17.7 Å². The number of anilines is 1. The summed E-state index contributed by atoms with van der Waals surface area (Å²) < 4.78 is 0. The minimum absolute atomic E-state index is 0.114. The number of carbonyl (C=O) groups is 1. The summed E-state index contributed by atoms with van der Waals surface area (Å²) in [7, 11) is 0. The van der Waals surface area contributed by atoms with Crippen LogP contribution >= 0.6 is 11.3 Å². The highest BCUT2D eigenvalue weighted by Gasteiger charge is 2.20. The molecule has 1 N–H and O–H groups in total. The monoisotopic (exact) mass is 407 g/mol. The lowest BCUT2D eigenvalue weighted by Crippen LogP contribution is -2.50. The molecular weight excluding hydrogens is 382 g/mol. The molecule has 2 aromatic heterocycles. The van der Waals surface area contributed by atoms with Crippen LogP contribution in [-0.4, -0.2) is 64.9 Å². The lowest BCUT2D eigenvalue weighted by Gasteiger charge is -2.34. The van der Waals surface area contributed by atoms with Gasteiger partial charge in [-0.05, 0) is 18.6 Å². The van der Waals surface area contributed by atoms with Crippen LogP contribution in [0.2, 0.25) is 0 Å². The van der Waals surface area contributed by atoms with Gasteiger partial charge in [-0.25, -0.2) is 9.97 Å². The first-order chi connectivity index (χ1) is 14.2. The maximum absolute atomic E-state index is 12.6. The van der Waals surface area contributed by atoms with Gasteiger partial charge in [-0.3, -0.25) is 9.69 Å². The number of rotatable bonds is 6. The summed E-state index contributed by atoms with van der Waals surface area (Å²) in [6.45, 7) is 6.53. The molecule has 0 spiro atoms. The fraction of sp³-hybridized carbons (Fsp3) is 0.318. The van der Waals surface area contributed by atoms with Gasteiger partial charge in [0.05, 0.1) is 11.9 Å². The molecule has 3 aromatic rings. The molecule has 6 nitrogen and oxygen atoms in total. The first-order valence-electron chi connectivity index (χ1n) is 9.86. The van der Waals surface area contributed by atoms with Crippen molar-refractivity contribution in [3.8, 4) is 0 Å². The van der Waals surface area contributed by atoms with E-state index >= 15 is 0 Å². The summed E-state index contributed by atoms with van der Waals surface area (Å²) in [5.74, 6) is 0.848. The molecule has 0 saturated carbocycles. The molecular formula is C22H25N5OS. The molecule has 0 unspecified atom stereocenters. The van der Waals surface area contributed by atoms with E-state index in [0.717, 1.165) is 48.8 Å². The van der Waals surface area contributed by atoms with Gasteiger partial charge in [-0.2, -0.15) is 0 Å². The largest absolute Gasteiger partial charge is 0.360 e. The third-order valence-corrected chi connectivity index (χ3v) is 6.02. The highest BCUT2D eigenvalue weighted by atomic mass is 32.1. The molecule has 0 radical (unpaired) electrons. The lowest BCUT2D eigenvalue weighted by molar-refractivity contribution is -0.130. The Bertz CT molecular complexity index is 993. The zero-order chi connectivity index (χ0) is 20.1. The topological polar surface area (TPSA) is 61.4 Å². The van der Waals surface area contributed by atoms with Gasteiger partial charge in [0.25, 0.3) is 0 Å². The lowest BCUT2D eigenvalue weighted by atomic mass is 10.2. The Labute approximate surface area is 174 Å². The first kappa shape index (κ1) is 19.5. The minimum atomic E-state index is 0.114. The maximum atomic E-state index is 12.6. The Balaban J connectivity index is 1.24. The second kappa shape index (κ2) is 9.15. The molecule has 29 heavy (non-hydrogen) atoms. The SMILES string of the molecule is Cc1cc2c(NCC(=O)N3CCN(C/C=C/c4ccccc4)CC3)ncnc2s1. The third kappa shape index (κ3) is 4.99. The average molecular weight is 408 g/mol. The van der Waals surface area contributed by atoms with Crippen molar-refractivity contribution in [2.75, 3.05) is 44.6 Å².